The second kappa shape index (κ2) is 11.4. The van der Waals surface area contributed by atoms with Crippen molar-refractivity contribution in [3.8, 4) is 0 Å². The van der Waals surface area contributed by atoms with Gasteiger partial charge in [-0.2, -0.15) is 0 Å². The minimum atomic E-state index is 0.485. The molecule has 0 bridgehead atoms. The standard InChI is InChI=1S/C13H15N3S2.C2H6/c1-4-6-11(5-2)18-8-7-10-9-15-13(17-3)16-12(10)14;1-2/h4-9H,1-2H2,3H3,(H2,14,15,16);1-2H3/b8-7+,11-6+;. The molecule has 0 aliphatic carbocycles. The van der Waals surface area contributed by atoms with Gasteiger partial charge in [-0.25, -0.2) is 9.97 Å². The van der Waals surface area contributed by atoms with Gasteiger partial charge in [-0.1, -0.05) is 62.7 Å². The van der Waals surface area contributed by atoms with Crippen LogP contribution in [0.5, 0.6) is 0 Å². The number of hydrogen-bond acceptors (Lipinski definition) is 5. The molecule has 0 unspecified atom stereocenters. The van der Waals surface area contributed by atoms with Crippen molar-refractivity contribution in [3.05, 3.63) is 53.5 Å². The monoisotopic (exact) mass is 307 g/mol. The summed E-state index contributed by atoms with van der Waals surface area (Å²) in [6.07, 6.45) is 10.9. The molecular formula is C15H21N3S2. The SMILES string of the molecule is C=C/C=C(\C=C)S/C=C/c1cnc(SC)nc1N.CC. The molecule has 1 heterocycles. The van der Waals surface area contributed by atoms with Crippen LogP contribution in [0.25, 0.3) is 6.08 Å². The number of nitrogens with two attached hydrogens (primary N) is 1. The molecule has 0 amide bonds. The van der Waals surface area contributed by atoms with Gasteiger partial charge in [-0.3, -0.25) is 0 Å². The first-order valence-corrected chi connectivity index (χ1v) is 8.26. The number of thioether (sulfide) groups is 2. The van der Waals surface area contributed by atoms with Gasteiger partial charge in [-0.15, -0.1) is 0 Å². The lowest BCUT2D eigenvalue weighted by atomic mass is 10.3. The van der Waals surface area contributed by atoms with Crippen molar-refractivity contribution >= 4 is 35.4 Å². The Labute approximate surface area is 130 Å². The highest BCUT2D eigenvalue weighted by molar-refractivity contribution is 8.06. The summed E-state index contributed by atoms with van der Waals surface area (Å²) in [4.78, 5) is 9.35. The van der Waals surface area contributed by atoms with E-state index < -0.39 is 0 Å². The Kier molecular flexibility index (Phi) is 10.5. The van der Waals surface area contributed by atoms with Gasteiger partial charge in [0.1, 0.15) is 5.82 Å². The van der Waals surface area contributed by atoms with Crippen LogP contribution in [0, 0.1) is 0 Å². The molecule has 0 aromatic carbocycles. The number of anilines is 1. The summed E-state index contributed by atoms with van der Waals surface area (Å²) >= 11 is 3.00. The molecule has 0 aliphatic heterocycles. The van der Waals surface area contributed by atoms with Gasteiger partial charge in [-0.05, 0) is 23.8 Å². The molecule has 5 heteroatoms. The van der Waals surface area contributed by atoms with Crippen molar-refractivity contribution < 1.29 is 0 Å². The summed E-state index contributed by atoms with van der Waals surface area (Å²) in [7, 11) is 0. The Hall–Kier alpha value is -1.46. The van der Waals surface area contributed by atoms with Crippen LogP contribution in [0.2, 0.25) is 0 Å². The van der Waals surface area contributed by atoms with Crippen molar-refractivity contribution in [2.45, 2.75) is 19.0 Å². The molecule has 108 valence electrons. The van der Waals surface area contributed by atoms with Gasteiger partial charge in [0.05, 0.1) is 0 Å². The number of rotatable bonds is 6. The maximum absolute atomic E-state index is 5.83. The fraction of sp³-hybridized carbons (Fsp3) is 0.200. The van der Waals surface area contributed by atoms with Crippen molar-refractivity contribution in [1.29, 1.82) is 0 Å². The Morgan fingerprint density at radius 2 is 2.05 bits per heavy atom. The van der Waals surface area contributed by atoms with E-state index in [2.05, 4.69) is 23.1 Å². The smallest absolute Gasteiger partial charge is 0.189 e. The zero-order valence-electron chi connectivity index (χ0n) is 12.2. The number of aromatic nitrogens is 2. The zero-order chi connectivity index (χ0) is 15.4. The van der Waals surface area contributed by atoms with Gasteiger partial charge in [0.15, 0.2) is 5.16 Å². The van der Waals surface area contributed by atoms with Crippen LogP contribution in [-0.4, -0.2) is 16.2 Å². The number of nitrogens with zero attached hydrogens (tertiary/aromatic N) is 2. The Bertz CT molecular complexity index is 494. The van der Waals surface area contributed by atoms with Crippen molar-refractivity contribution in [3.63, 3.8) is 0 Å². The summed E-state index contributed by atoms with van der Waals surface area (Å²) in [5, 5.41) is 2.60. The average molecular weight is 307 g/mol. The molecule has 0 saturated heterocycles. The second-order valence-corrected chi connectivity index (χ2v) is 4.88. The van der Waals surface area contributed by atoms with Crippen LogP contribution in [0.15, 0.2) is 53.1 Å². The first kappa shape index (κ1) is 18.5. The predicted octanol–water partition coefficient (Wildman–Crippen LogP) is 4.77. The highest BCUT2D eigenvalue weighted by Crippen LogP contribution is 2.21. The third kappa shape index (κ3) is 6.63. The lowest BCUT2D eigenvalue weighted by Gasteiger charge is -2.00. The first-order valence-electron chi connectivity index (χ1n) is 6.16. The summed E-state index contributed by atoms with van der Waals surface area (Å²) in [6, 6.07) is 0. The number of allylic oxidation sites excluding steroid dienone is 3. The fourth-order valence-electron chi connectivity index (χ4n) is 1.07. The van der Waals surface area contributed by atoms with E-state index in [1.54, 1.807) is 18.3 Å². The Morgan fingerprint density at radius 3 is 2.55 bits per heavy atom. The Balaban J connectivity index is 0.00000172. The fourth-order valence-corrected chi connectivity index (χ4v) is 2.06. The molecule has 0 aliphatic rings. The molecule has 1 aromatic rings. The van der Waals surface area contributed by atoms with Crippen molar-refractivity contribution in [2.75, 3.05) is 12.0 Å². The minimum absolute atomic E-state index is 0.485. The molecule has 0 radical (unpaired) electrons. The summed E-state index contributed by atoms with van der Waals surface area (Å²) in [6.45, 7) is 11.4. The van der Waals surface area contributed by atoms with E-state index in [9.17, 15) is 0 Å². The van der Waals surface area contributed by atoms with Gasteiger partial charge in [0.25, 0.3) is 0 Å². The molecule has 0 fully saturated rings. The second-order valence-electron chi connectivity index (χ2n) is 3.13. The van der Waals surface area contributed by atoms with Crippen molar-refractivity contribution in [1.82, 2.24) is 9.97 Å². The normalized spacial score (nSPS) is 10.8. The third-order valence-electron chi connectivity index (χ3n) is 1.94. The Morgan fingerprint density at radius 1 is 1.35 bits per heavy atom. The van der Waals surface area contributed by atoms with Crippen LogP contribution in [0.1, 0.15) is 19.4 Å². The highest BCUT2D eigenvalue weighted by atomic mass is 32.2. The highest BCUT2D eigenvalue weighted by Gasteiger charge is 2.00. The van der Waals surface area contributed by atoms with E-state index in [-0.39, 0.29) is 0 Å². The summed E-state index contributed by atoms with van der Waals surface area (Å²) < 4.78 is 0. The maximum Gasteiger partial charge on any atom is 0.189 e. The van der Waals surface area contributed by atoms with Crippen LogP contribution >= 0.6 is 23.5 Å². The lowest BCUT2D eigenvalue weighted by Crippen LogP contribution is -1.96. The quantitative estimate of drug-likeness (QED) is 0.466. The molecule has 1 rings (SSSR count). The van der Waals surface area contributed by atoms with Crippen LogP contribution < -0.4 is 5.73 Å². The molecular weight excluding hydrogens is 286 g/mol. The van der Waals surface area contributed by atoms with Crippen LogP contribution in [-0.2, 0) is 0 Å². The van der Waals surface area contributed by atoms with E-state index in [4.69, 9.17) is 5.73 Å². The van der Waals surface area contributed by atoms with Crippen LogP contribution in [0.4, 0.5) is 5.82 Å². The number of hydrogen-bond donors (Lipinski definition) is 1. The topological polar surface area (TPSA) is 51.8 Å². The van der Waals surface area contributed by atoms with Crippen LogP contribution in [0.3, 0.4) is 0 Å². The maximum atomic E-state index is 5.83. The first-order chi connectivity index (χ1) is 9.71. The predicted molar refractivity (Wildman–Crippen MR) is 94.7 cm³/mol. The van der Waals surface area contributed by atoms with Gasteiger partial charge >= 0.3 is 0 Å². The molecule has 2 N–H and O–H groups in total. The minimum Gasteiger partial charge on any atom is -0.383 e. The van der Waals surface area contributed by atoms with Gasteiger partial charge < -0.3 is 5.73 Å². The molecule has 0 saturated carbocycles. The largest absolute Gasteiger partial charge is 0.383 e. The molecule has 0 spiro atoms. The van der Waals surface area contributed by atoms with E-state index in [1.807, 2.05) is 37.7 Å². The zero-order valence-corrected chi connectivity index (χ0v) is 13.8. The van der Waals surface area contributed by atoms with Crippen molar-refractivity contribution in [2.24, 2.45) is 0 Å². The summed E-state index contributed by atoms with van der Waals surface area (Å²) in [5.41, 5.74) is 6.64. The van der Waals surface area contributed by atoms with E-state index in [1.165, 1.54) is 23.5 Å². The molecule has 1 aromatic heterocycles. The van der Waals surface area contributed by atoms with Gasteiger partial charge in [0, 0.05) is 16.7 Å². The van der Waals surface area contributed by atoms with Gasteiger partial charge in [0.2, 0.25) is 0 Å². The summed E-state index contributed by atoms with van der Waals surface area (Å²) in [5.74, 6) is 0.485. The molecule has 20 heavy (non-hydrogen) atoms. The lowest BCUT2D eigenvalue weighted by molar-refractivity contribution is 0.975. The van der Waals surface area contributed by atoms with E-state index >= 15 is 0 Å². The number of nitrogen functional groups attached to an aromatic ring is 1. The van der Waals surface area contributed by atoms with E-state index in [0.717, 1.165) is 10.5 Å². The third-order valence-corrected chi connectivity index (χ3v) is 3.35. The van der Waals surface area contributed by atoms with E-state index in [0.29, 0.717) is 11.0 Å². The average Bonchev–Trinajstić information content (AvgIpc) is 2.49. The molecule has 3 nitrogen and oxygen atoms in total. The molecule has 0 atom stereocenters.